The van der Waals surface area contributed by atoms with E-state index in [2.05, 4.69) is 30.4 Å². The SMILES string of the molecule is Cc1cnn([C@@H]2CCCN(C(=O)c3ccc4c(c3)CCC4)C2)c1. The molecule has 120 valence electrons. The van der Waals surface area contributed by atoms with Crippen LogP contribution in [0.5, 0.6) is 0 Å². The first-order chi connectivity index (χ1) is 11.2. The second-order valence-corrected chi connectivity index (χ2v) is 6.88. The van der Waals surface area contributed by atoms with Crippen LogP contribution in [0.25, 0.3) is 0 Å². The van der Waals surface area contributed by atoms with E-state index in [0.29, 0.717) is 6.04 Å². The van der Waals surface area contributed by atoms with Gasteiger partial charge in [-0.3, -0.25) is 9.48 Å². The molecule has 4 heteroatoms. The molecule has 1 aliphatic heterocycles. The van der Waals surface area contributed by atoms with Crippen LogP contribution in [0.4, 0.5) is 0 Å². The highest BCUT2D eigenvalue weighted by atomic mass is 16.2. The van der Waals surface area contributed by atoms with E-state index in [9.17, 15) is 4.79 Å². The predicted octanol–water partition coefficient (Wildman–Crippen LogP) is 3.16. The molecule has 4 rings (SSSR count). The molecule has 0 N–H and O–H groups in total. The molecule has 0 bridgehead atoms. The zero-order valence-electron chi connectivity index (χ0n) is 13.7. The topological polar surface area (TPSA) is 38.1 Å². The van der Waals surface area contributed by atoms with Crippen molar-refractivity contribution in [2.75, 3.05) is 13.1 Å². The molecule has 4 nitrogen and oxygen atoms in total. The fourth-order valence-corrected chi connectivity index (χ4v) is 3.88. The van der Waals surface area contributed by atoms with Crippen molar-refractivity contribution in [2.24, 2.45) is 0 Å². The average molecular weight is 309 g/mol. The van der Waals surface area contributed by atoms with E-state index in [4.69, 9.17) is 0 Å². The maximum Gasteiger partial charge on any atom is 0.253 e. The van der Waals surface area contributed by atoms with Gasteiger partial charge < -0.3 is 4.90 Å². The molecule has 1 aliphatic carbocycles. The molecule has 1 amide bonds. The molecule has 1 fully saturated rings. The van der Waals surface area contributed by atoms with Crippen molar-refractivity contribution in [3.8, 4) is 0 Å². The number of aryl methyl sites for hydroxylation is 3. The number of hydrogen-bond acceptors (Lipinski definition) is 2. The van der Waals surface area contributed by atoms with Crippen LogP contribution in [0.3, 0.4) is 0 Å². The van der Waals surface area contributed by atoms with Gasteiger partial charge in [0.1, 0.15) is 0 Å². The number of aromatic nitrogens is 2. The largest absolute Gasteiger partial charge is 0.337 e. The molecule has 1 atom stereocenters. The van der Waals surface area contributed by atoms with E-state index in [1.165, 1.54) is 23.1 Å². The van der Waals surface area contributed by atoms with Gasteiger partial charge in [-0.15, -0.1) is 0 Å². The summed E-state index contributed by atoms with van der Waals surface area (Å²) in [6, 6.07) is 6.57. The Morgan fingerprint density at radius 3 is 2.91 bits per heavy atom. The maximum atomic E-state index is 12.9. The summed E-state index contributed by atoms with van der Waals surface area (Å²) in [5, 5.41) is 4.43. The lowest BCUT2D eigenvalue weighted by molar-refractivity contribution is 0.0673. The minimum absolute atomic E-state index is 0.174. The van der Waals surface area contributed by atoms with E-state index in [0.717, 1.165) is 44.3 Å². The van der Waals surface area contributed by atoms with Gasteiger partial charge in [-0.1, -0.05) is 6.07 Å². The zero-order valence-corrected chi connectivity index (χ0v) is 13.7. The summed E-state index contributed by atoms with van der Waals surface area (Å²) in [6.45, 7) is 3.67. The normalized spacial score (nSPS) is 20.6. The van der Waals surface area contributed by atoms with Crippen molar-refractivity contribution >= 4 is 5.91 Å². The van der Waals surface area contributed by atoms with Gasteiger partial charge >= 0.3 is 0 Å². The summed E-state index contributed by atoms with van der Waals surface area (Å²) < 4.78 is 2.03. The molecule has 0 spiro atoms. The highest BCUT2D eigenvalue weighted by molar-refractivity contribution is 5.94. The minimum Gasteiger partial charge on any atom is -0.337 e. The van der Waals surface area contributed by atoms with Crippen LogP contribution in [-0.2, 0) is 12.8 Å². The van der Waals surface area contributed by atoms with Crippen LogP contribution in [-0.4, -0.2) is 33.7 Å². The van der Waals surface area contributed by atoms with Crippen molar-refractivity contribution in [1.29, 1.82) is 0 Å². The number of hydrogen-bond donors (Lipinski definition) is 0. The fraction of sp³-hybridized carbons (Fsp3) is 0.474. The summed E-state index contributed by atoms with van der Waals surface area (Å²) >= 11 is 0. The summed E-state index contributed by atoms with van der Waals surface area (Å²) in [4.78, 5) is 14.9. The minimum atomic E-state index is 0.174. The molecule has 1 saturated heterocycles. The lowest BCUT2D eigenvalue weighted by atomic mass is 10.0. The Morgan fingerprint density at radius 1 is 1.22 bits per heavy atom. The molecule has 1 aromatic heterocycles. The Hall–Kier alpha value is -2.10. The van der Waals surface area contributed by atoms with Gasteiger partial charge in [-0.2, -0.15) is 5.10 Å². The average Bonchev–Trinajstić information content (AvgIpc) is 3.22. The number of amides is 1. The molecule has 2 aliphatic rings. The van der Waals surface area contributed by atoms with Crippen LogP contribution < -0.4 is 0 Å². The quantitative estimate of drug-likeness (QED) is 0.854. The third-order valence-electron chi connectivity index (χ3n) is 5.13. The van der Waals surface area contributed by atoms with Crippen LogP contribution >= 0.6 is 0 Å². The van der Waals surface area contributed by atoms with Gasteiger partial charge in [0.15, 0.2) is 0 Å². The molecule has 1 aromatic carbocycles. The van der Waals surface area contributed by atoms with Gasteiger partial charge in [-0.25, -0.2) is 0 Å². The lowest BCUT2D eigenvalue weighted by Crippen LogP contribution is -2.40. The van der Waals surface area contributed by atoms with Crippen molar-refractivity contribution in [3.63, 3.8) is 0 Å². The van der Waals surface area contributed by atoms with E-state index in [-0.39, 0.29) is 5.91 Å². The number of likely N-dealkylation sites (tertiary alicyclic amines) is 1. The number of fused-ring (bicyclic) bond motifs is 1. The second kappa shape index (κ2) is 5.84. The third-order valence-corrected chi connectivity index (χ3v) is 5.13. The van der Waals surface area contributed by atoms with E-state index >= 15 is 0 Å². The Morgan fingerprint density at radius 2 is 2.09 bits per heavy atom. The molecular weight excluding hydrogens is 286 g/mol. The zero-order chi connectivity index (χ0) is 15.8. The number of piperidine rings is 1. The standard InChI is InChI=1S/C19H23N3O/c1-14-11-20-22(12-14)18-6-3-9-21(13-18)19(23)17-8-7-15-4-2-5-16(15)10-17/h7-8,10-12,18H,2-6,9,13H2,1H3/t18-/m1/s1. The molecule has 0 unspecified atom stereocenters. The summed E-state index contributed by atoms with van der Waals surface area (Å²) in [6.07, 6.45) is 9.60. The molecule has 0 radical (unpaired) electrons. The van der Waals surface area contributed by atoms with Crippen molar-refractivity contribution in [2.45, 2.75) is 45.1 Å². The summed E-state index contributed by atoms with van der Waals surface area (Å²) in [5.74, 6) is 0.174. The highest BCUT2D eigenvalue weighted by Crippen LogP contribution is 2.26. The summed E-state index contributed by atoms with van der Waals surface area (Å²) in [7, 11) is 0. The predicted molar refractivity (Wildman–Crippen MR) is 89.6 cm³/mol. The van der Waals surface area contributed by atoms with Crippen molar-refractivity contribution in [3.05, 3.63) is 52.8 Å². The Bertz CT molecular complexity index is 734. The molecule has 2 aromatic rings. The second-order valence-electron chi connectivity index (χ2n) is 6.88. The van der Waals surface area contributed by atoms with Crippen molar-refractivity contribution in [1.82, 2.24) is 14.7 Å². The van der Waals surface area contributed by atoms with Gasteiger partial charge in [0.05, 0.1) is 12.2 Å². The van der Waals surface area contributed by atoms with E-state index < -0.39 is 0 Å². The van der Waals surface area contributed by atoms with Gasteiger partial charge in [0.25, 0.3) is 5.91 Å². The van der Waals surface area contributed by atoms with Gasteiger partial charge in [0, 0.05) is 24.8 Å². The highest BCUT2D eigenvalue weighted by Gasteiger charge is 2.26. The van der Waals surface area contributed by atoms with Crippen LogP contribution in [0.15, 0.2) is 30.6 Å². The number of carbonyl (C=O) groups is 1. The van der Waals surface area contributed by atoms with E-state index in [1.807, 2.05) is 21.8 Å². The monoisotopic (exact) mass is 309 g/mol. The smallest absolute Gasteiger partial charge is 0.253 e. The molecule has 2 heterocycles. The maximum absolute atomic E-state index is 12.9. The summed E-state index contributed by atoms with van der Waals surface area (Å²) in [5.41, 5.74) is 4.81. The Kier molecular flexibility index (Phi) is 3.68. The Labute approximate surface area is 137 Å². The third kappa shape index (κ3) is 2.78. The first-order valence-electron chi connectivity index (χ1n) is 8.62. The first kappa shape index (κ1) is 14.5. The van der Waals surface area contributed by atoms with Crippen molar-refractivity contribution < 1.29 is 4.79 Å². The Balaban J connectivity index is 1.51. The van der Waals surface area contributed by atoms with Crippen LogP contribution in [0.1, 0.15) is 52.4 Å². The van der Waals surface area contributed by atoms with E-state index in [1.54, 1.807) is 0 Å². The molecule has 0 saturated carbocycles. The number of nitrogens with zero attached hydrogens (tertiary/aromatic N) is 3. The van der Waals surface area contributed by atoms with Gasteiger partial charge in [-0.05, 0) is 67.9 Å². The number of rotatable bonds is 2. The molecular formula is C19H23N3O. The molecule has 23 heavy (non-hydrogen) atoms. The fourth-order valence-electron chi connectivity index (χ4n) is 3.88. The van der Waals surface area contributed by atoms with Crippen LogP contribution in [0.2, 0.25) is 0 Å². The number of benzene rings is 1. The van der Waals surface area contributed by atoms with Gasteiger partial charge in [0.2, 0.25) is 0 Å². The first-order valence-corrected chi connectivity index (χ1v) is 8.62. The van der Waals surface area contributed by atoms with Crippen LogP contribution in [0, 0.1) is 6.92 Å². The lowest BCUT2D eigenvalue weighted by Gasteiger charge is -2.33. The number of carbonyl (C=O) groups excluding carboxylic acids is 1.